The summed E-state index contributed by atoms with van der Waals surface area (Å²) >= 11 is 0. The van der Waals surface area contributed by atoms with Gasteiger partial charge in [-0.3, -0.25) is 4.79 Å². The van der Waals surface area contributed by atoms with E-state index in [9.17, 15) is 9.18 Å². The summed E-state index contributed by atoms with van der Waals surface area (Å²) in [4.78, 5) is 12.1. The number of nitrogens with one attached hydrogen (secondary N) is 1. The standard InChI is InChI=1S/C21H18FNO2/c22-20-9-5-4-8-19(20)21(24)23-17-10-12-18(13-11-17)25-15-14-16-6-2-1-3-7-16/h1-13H,14-15H2,(H,23,24). The Balaban J connectivity index is 1.53. The van der Waals surface area contributed by atoms with Gasteiger partial charge in [0, 0.05) is 12.1 Å². The highest BCUT2D eigenvalue weighted by Gasteiger charge is 2.10. The third-order valence-electron chi connectivity index (χ3n) is 3.73. The average molecular weight is 335 g/mol. The van der Waals surface area contributed by atoms with Gasteiger partial charge in [0.1, 0.15) is 11.6 Å². The zero-order valence-electron chi connectivity index (χ0n) is 13.6. The van der Waals surface area contributed by atoms with Crippen LogP contribution in [0.25, 0.3) is 0 Å². The first-order chi connectivity index (χ1) is 12.2. The summed E-state index contributed by atoms with van der Waals surface area (Å²) in [6.07, 6.45) is 0.826. The van der Waals surface area contributed by atoms with Crippen LogP contribution in [-0.4, -0.2) is 12.5 Å². The van der Waals surface area contributed by atoms with E-state index in [1.54, 1.807) is 36.4 Å². The summed E-state index contributed by atoms with van der Waals surface area (Å²) in [5.41, 5.74) is 1.82. The SMILES string of the molecule is O=C(Nc1ccc(OCCc2ccccc2)cc1)c1ccccc1F. The van der Waals surface area contributed by atoms with E-state index in [4.69, 9.17) is 4.74 Å². The number of halogens is 1. The molecular weight excluding hydrogens is 317 g/mol. The lowest BCUT2D eigenvalue weighted by Gasteiger charge is -2.09. The van der Waals surface area contributed by atoms with Crippen LogP contribution >= 0.6 is 0 Å². The van der Waals surface area contributed by atoms with E-state index >= 15 is 0 Å². The van der Waals surface area contributed by atoms with E-state index in [0.29, 0.717) is 12.3 Å². The third-order valence-corrected chi connectivity index (χ3v) is 3.73. The first-order valence-corrected chi connectivity index (χ1v) is 8.05. The number of amides is 1. The van der Waals surface area contributed by atoms with Crippen LogP contribution in [-0.2, 0) is 6.42 Å². The fourth-order valence-electron chi connectivity index (χ4n) is 2.41. The summed E-state index contributed by atoms with van der Waals surface area (Å²) in [6, 6.07) is 23.0. The van der Waals surface area contributed by atoms with Crippen molar-refractivity contribution in [2.24, 2.45) is 0 Å². The van der Waals surface area contributed by atoms with E-state index in [1.165, 1.54) is 17.7 Å². The molecule has 1 N–H and O–H groups in total. The Labute approximate surface area is 146 Å². The van der Waals surface area contributed by atoms with Crippen LogP contribution in [0.5, 0.6) is 5.75 Å². The number of benzene rings is 3. The van der Waals surface area contributed by atoms with Gasteiger partial charge in [-0.05, 0) is 42.0 Å². The maximum absolute atomic E-state index is 13.6. The van der Waals surface area contributed by atoms with Crippen LogP contribution in [0.2, 0.25) is 0 Å². The smallest absolute Gasteiger partial charge is 0.258 e. The summed E-state index contributed by atoms with van der Waals surface area (Å²) in [7, 11) is 0. The van der Waals surface area contributed by atoms with Crippen molar-refractivity contribution in [3.63, 3.8) is 0 Å². The van der Waals surface area contributed by atoms with Gasteiger partial charge in [-0.25, -0.2) is 4.39 Å². The molecule has 0 radical (unpaired) electrons. The van der Waals surface area contributed by atoms with Crippen molar-refractivity contribution in [3.8, 4) is 5.75 Å². The van der Waals surface area contributed by atoms with E-state index in [2.05, 4.69) is 17.4 Å². The van der Waals surface area contributed by atoms with Crippen molar-refractivity contribution >= 4 is 11.6 Å². The second kappa shape index (κ2) is 8.11. The summed E-state index contributed by atoms with van der Waals surface area (Å²) in [5.74, 6) is -0.295. The van der Waals surface area contributed by atoms with Gasteiger partial charge in [-0.1, -0.05) is 42.5 Å². The fraction of sp³-hybridized carbons (Fsp3) is 0.0952. The molecule has 3 rings (SSSR count). The van der Waals surface area contributed by atoms with Crippen molar-refractivity contribution in [3.05, 3.63) is 95.8 Å². The molecule has 0 saturated carbocycles. The Bertz CT molecular complexity index is 832. The molecule has 0 aliphatic rings. The van der Waals surface area contributed by atoms with Crippen molar-refractivity contribution in [2.45, 2.75) is 6.42 Å². The molecule has 0 bridgehead atoms. The number of hydrogen-bond donors (Lipinski definition) is 1. The van der Waals surface area contributed by atoms with E-state index in [0.717, 1.165) is 12.2 Å². The largest absolute Gasteiger partial charge is 0.493 e. The Morgan fingerprint density at radius 1 is 0.880 bits per heavy atom. The molecule has 4 heteroatoms. The molecular formula is C21H18FNO2. The Kier molecular flexibility index (Phi) is 5.42. The van der Waals surface area contributed by atoms with Crippen molar-refractivity contribution in [1.82, 2.24) is 0 Å². The fourth-order valence-corrected chi connectivity index (χ4v) is 2.41. The highest BCUT2D eigenvalue weighted by Crippen LogP contribution is 2.17. The number of rotatable bonds is 6. The Morgan fingerprint density at radius 2 is 1.56 bits per heavy atom. The first-order valence-electron chi connectivity index (χ1n) is 8.05. The molecule has 0 aliphatic heterocycles. The average Bonchev–Trinajstić information content (AvgIpc) is 2.64. The molecule has 0 aromatic heterocycles. The Hall–Kier alpha value is -3.14. The zero-order chi connectivity index (χ0) is 17.5. The molecule has 25 heavy (non-hydrogen) atoms. The molecule has 0 unspecified atom stereocenters. The number of ether oxygens (including phenoxy) is 1. The highest BCUT2D eigenvalue weighted by molar-refractivity contribution is 6.04. The third kappa shape index (κ3) is 4.67. The van der Waals surface area contributed by atoms with E-state index < -0.39 is 11.7 Å². The molecule has 0 fully saturated rings. The van der Waals surface area contributed by atoms with Crippen LogP contribution in [0, 0.1) is 5.82 Å². The lowest BCUT2D eigenvalue weighted by Crippen LogP contribution is -2.13. The van der Waals surface area contributed by atoms with Crippen molar-refractivity contribution < 1.29 is 13.9 Å². The van der Waals surface area contributed by atoms with E-state index in [-0.39, 0.29) is 5.56 Å². The predicted molar refractivity (Wildman–Crippen MR) is 96.4 cm³/mol. The molecule has 3 aromatic carbocycles. The van der Waals surface area contributed by atoms with Gasteiger partial charge in [0.25, 0.3) is 5.91 Å². The maximum Gasteiger partial charge on any atom is 0.258 e. The van der Waals surface area contributed by atoms with E-state index in [1.807, 2.05) is 18.2 Å². The van der Waals surface area contributed by atoms with Crippen molar-refractivity contribution in [2.75, 3.05) is 11.9 Å². The minimum absolute atomic E-state index is 0.0192. The quantitative estimate of drug-likeness (QED) is 0.709. The normalized spacial score (nSPS) is 10.3. The van der Waals surface area contributed by atoms with Crippen LogP contribution in [0.4, 0.5) is 10.1 Å². The molecule has 0 aliphatic carbocycles. The van der Waals surface area contributed by atoms with Crippen LogP contribution in [0.1, 0.15) is 15.9 Å². The lowest BCUT2D eigenvalue weighted by atomic mass is 10.2. The molecule has 0 heterocycles. The molecule has 3 nitrogen and oxygen atoms in total. The van der Waals surface area contributed by atoms with Gasteiger partial charge < -0.3 is 10.1 Å². The zero-order valence-corrected chi connectivity index (χ0v) is 13.6. The lowest BCUT2D eigenvalue weighted by molar-refractivity contribution is 0.102. The van der Waals surface area contributed by atoms with Gasteiger partial charge in [0.15, 0.2) is 0 Å². The molecule has 3 aromatic rings. The predicted octanol–water partition coefficient (Wildman–Crippen LogP) is 4.70. The number of carbonyl (C=O) groups excluding carboxylic acids is 1. The summed E-state index contributed by atoms with van der Waals surface area (Å²) in [5, 5.41) is 2.67. The van der Waals surface area contributed by atoms with Gasteiger partial charge in [0.05, 0.1) is 12.2 Å². The summed E-state index contributed by atoms with van der Waals surface area (Å²) in [6.45, 7) is 0.574. The van der Waals surface area contributed by atoms with Crippen LogP contribution < -0.4 is 10.1 Å². The second-order valence-electron chi connectivity index (χ2n) is 5.54. The maximum atomic E-state index is 13.6. The minimum Gasteiger partial charge on any atom is -0.493 e. The second-order valence-corrected chi connectivity index (χ2v) is 5.54. The van der Waals surface area contributed by atoms with Gasteiger partial charge in [-0.2, -0.15) is 0 Å². The molecule has 1 amide bonds. The molecule has 0 saturated heterocycles. The number of carbonyl (C=O) groups is 1. The van der Waals surface area contributed by atoms with Gasteiger partial charge in [-0.15, -0.1) is 0 Å². The molecule has 126 valence electrons. The molecule has 0 spiro atoms. The summed E-state index contributed by atoms with van der Waals surface area (Å²) < 4.78 is 19.3. The van der Waals surface area contributed by atoms with Crippen LogP contribution in [0.3, 0.4) is 0 Å². The van der Waals surface area contributed by atoms with Crippen LogP contribution in [0.15, 0.2) is 78.9 Å². The minimum atomic E-state index is -0.541. The number of anilines is 1. The topological polar surface area (TPSA) is 38.3 Å². The van der Waals surface area contributed by atoms with Gasteiger partial charge in [0.2, 0.25) is 0 Å². The Morgan fingerprint density at radius 3 is 2.28 bits per heavy atom. The molecule has 0 atom stereocenters. The first kappa shape index (κ1) is 16.7. The monoisotopic (exact) mass is 335 g/mol. The van der Waals surface area contributed by atoms with Gasteiger partial charge >= 0.3 is 0 Å². The number of hydrogen-bond acceptors (Lipinski definition) is 2. The van der Waals surface area contributed by atoms with Crippen molar-refractivity contribution in [1.29, 1.82) is 0 Å². The highest BCUT2D eigenvalue weighted by atomic mass is 19.1.